The van der Waals surface area contributed by atoms with Gasteiger partial charge in [0.2, 0.25) is 5.24 Å². The minimum Gasteiger partial charge on any atom is -0.480 e. The minimum atomic E-state index is -0.758. The molecular formula is C14H24ClNO4. The van der Waals surface area contributed by atoms with Gasteiger partial charge in [0.15, 0.2) is 0 Å². The van der Waals surface area contributed by atoms with Crippen molar-refractivity contribution in [2.45, 2.75) is 45.1 Å². The first-order valence-corrected chi connectivity index (χ1v) is 7.64. The first kappa shape index (κ1) is 17.4. The van der Waals surface area contributed by atoms with Gasteiger partial charge in [-0.25, -0.2) is 0 Å². The Morgan fingerprint density at radius 1 is 1.20 bits per heavy atom. The molecule has 0 amide bonds. The van der Waals surface area contributed by atoms with Crippen LogP contribution in [0.1, 0.15) is 39.0 Å². The summed E-state index contributed by atoms with van der Waals surface area (Å²) in [6.07, 6.45) is 5.68. The average molecular weight is 306 g/mol. The number of rotatable bonds is 3. The number of nitrogens with zero attached hydrogens (tertiary/aromatic N) is 1. The fourth-order valence-electron chi connectivity index (χ4n) is 2.45. The van der Waals surface area contributed by atoms with Crippen LogP contribution >= 0.6 is 11.6 Å². The lowest BCUT2D eigenvalue weighted by Gasteiger charge is -2.29. The topological polar surface area (TPSA) is 66.8 Å². The van der Waals surface area contributed by atoms with E-state index in [4.69, 9.17) is 21.4 Å². The Bertz CT molecular complexity index is 312. The second-order valence-corrected chi connectivity index (χ2v) is 5.67. The van der Waals surface area contributed by atoms with Crippen molar-refractivity contribution in [3.63, 3.8) is 0 Å². The minimum absolute atomic E-state index is 0.130. The lowest BCUT2D eigenvalue weighted by atomic mass is 9.90. The summed E-state index contributed by atoms with van der Waals surface area (Å²) in [4.78, 5) is 23.0. The Morgan fingerprint density at radius 3 is 2.15 bits per heavy atom. The molecule has 1 saturated heterocycles. The van der Waals surface area contributed by atoms with Gasteiger partial charge in [0.1, 0.15) is 6.04 Å². The lowest BCUT2D eigenvalue weighted by molar-refractivity contribution is -0.144. The maximum absolute atomic E-state index is 10.6. The molecule has 2 rings (SSSR count). The third-order valence-corrected chi connectivity index (χ3v) is 4.19. The Hall–Kier alpha value is -0.650. The van der Waals surface area contributed by atoms with Gasteiger partial charge in [-0.05, 0) is 31.4 Å². The van der Waals surface area contributed by atoms with Gasteiger partial charge < -0.3 is 9.84 Å². The average Bonchev–Trinajstić information content (AvgIpc) is 2.49. The van der Waals surface area contributed by atoms with Crippen LogP contribution in [0, 0.1) is 5.92 Å². The molecule has 1 heterocycles. The normalized spacial score (nSPS) is 22.5. The second kappa shape index (κ2) is 9.32. The molecule has 6 heteroatoms. The Morgan fingerprint density at radius 2 is 1.75 bits per heavy atom. The van der Waals surface area contributed by atoms with Crippen LogP contribution in [0.2, 0.25) is 0 Å². The maximum Gasteiger partial charge on any atom is 0.320 e. The number of aliphatic carboxylic acids is 1. The number of morpholine rings is 1. The van der Waals surface area contributed by atoms with E-state index in [1.165, 1.54) is 19.3 Å². The van der Waals surface area contributed by atoms with E-state index in [0.717, 1.165) is 25.9 Å². The van der Waals surface area contributed by atoms with Crippen LogP contribution < -0.4 is 0 Å². The summed E-state index contributed by atoms with van der Waals surface area (Å²) >= 11 is 5.32. The lowest BCUT2D eigenvalue weighted by Crippen LogP contribution is -2.45. The summed E-state index contributed by atoms with van der Waals surface area (Å²) in [5.41, 5.74) is 0. The van der Waals surface area contributed by atoms with Crippen molar-refractivity contribution in [2.24, 2.45) is 5.92 Å². The monoisotopic (exact) mass is 305 g/mol. The summed E-state index contributed by atoms with van der Waals surface area (Å²) in [6, 6.07) is -0.376. The molecule has 1 aliphatic heterocycles. The van der Waals surface area contributed by atoms with E-state index in [0.29, 0.717) is 13.2 Å². The van der Waals surface area contributed by atoms with E-state index < -0.39 is 5.97 Å². The predicted octanol–water partition coefficient (Wildman–Crippen LogP) is 2.12. The molecular weight excluding hydrogens is 282 g/mol. The van der Waals surface area contributed by atoms with Crippen molar-refractivity contribution >= 4 is 22.8 Å². The summed E-state index contributed by atoms with van der Waals surface area (Å²) in [7, 11) is 0. The third kappa shape index (κ3) is 6.20. The number of ether oxygens (including phenoxy) is 1. The molecule has 0 aromatic carbocycles. The Labute approximate surface area is 125 Å². The van der Waals surface area contributed by atoms with Crippen molar-refractivity contribution < 1.29 is 19.4 Å². The summed E-state index contributed by atoms with van der Waals surface area (Å²) in [5, 5.41) is 8.52. The van der Waals surface area contributed by atoms with Gasteiger partial charge in [-0.3, -0.25) is 14.5 Å². The molecule has 0 unspecified atom stereocenters. The molecule has 0 aromatic heterocycles. The molecule has 0 aromatic rings. The highest BCUT2D eigenvalue weighted by Crippen LogP contribution is 2.25. The molecule has 2 aliphatic rings. The third-order valence-electron chi connectivity index (χ3n) is 3.88. The first-order chi connectivity index (χ1) is 9.52. The fraction of sp³-hybridized carbons (Fsp3) is 0.857. The number of carboxylic acid groups (broad SMARTS) is 1. The number of hydrogen-bond donors (Lipinski definition) is 1. The standard InChI is InChI=1S/C7H11ClO.C7H13NO3/c8-7(9)6-4-2-1-3-5-6;1-6(7(9)10)8-2-4-11-5-3-8/h6H,1-5H2;6H,2-5H2,1H3,(H,9,10)/t;6-/m.0/s1. The van der Waals surface area contributed by atoms with Gasteiger partial charge in [0.05, 0.1) is 13.2 Å². The molecule has 1 aliphatic carbocycles. The first-order valence-electron chi connectivity index (χ1n) is 7.26. The Balaban J connectivity index is 0.000000204. The second-order valence-electron chi connectivity index (χ2n) is 5.30. The zero-order valence-electron chi connectivity index (χ0n) is 12.0. The molecule has 1 saturated carbocycles. The zero-order chi connectivity index (χ0) is 15.0. The highest BCUT2D eigenvalue weighted by Gasteiger charge is 2.21. The van der Waals surface area contributed by atoms with E-state index in [-0.39, 0.29) is 17.2 Å². The van der Waals surface area contributed by atoms with Gasteiger partial charge >= 0.3 is 5.97 Å². The number of carbonyl (C=O) groups is 2. The van der Waals surface area contributed by atoms with Gasteiger partial charge in [-0.15, -0.1) is 0 Å². The van der Waals surface area contributed by atoms with Crippen molar-refractivity contribution in [1.82, 2.24) is 4.90 Å². The maximum atomic E-state index is 10.6. The fourth-order valence-corrected chi connectivity index (χ4v) is 2.67. The van der Waals surface area contributed by atoms with E-state index in [1.54, 1.807) is 6.92 Å². The van der Waals surface area contributed by atoms with Crippen LogP contribution in [-0.4, -0.2) is 53.6 Å². The summed E-state index contributed by atoms with van der Waals surface area (Å²) in [6.45, 7) is 4.46. The molecule has 1 atom stereocenters. The molecule has 116 valence electrons. The van der Waals surface area contributed by atoms with E-state index in [2.05, 4.69) is 0 Å². The van der Waals surface area contributed by atoms with Gasteiger partial charge in [0, 0.05) is 19.0 Å². The SMILES string of the molecule is C[C@@H](C(=O)O)N1CCOCC1.O=C(Cl)C1CCCCC1. The van der Waals surface area contributed by atoms with E-state index >= 15 is 0 Å². The molecule has 0 bridgehead atoms. The number of hydrogen-bond acceptors (Lipinski definition) is 4. The zero-order valence-corrected chi connectivity index (χ0v) is 12.8. The molecule has 0 radical (unpaired) electrons. The van der Waals surface area contributed by atoms with Gasteiger partial charge in [0.25, 0.3) is 0 Å². The Kier molecular flexibility index (Phi) is 8.11. The van der Waals surface area contributed by atoms with Gasteiger partial charge in [-0.2, -0.15) is 0 Å². The predicted molar refractivity (Wildman–Crippen MR) is 76.9 cm³/mol. The van der Waals surface area contributed by atoms with Crippen LogP contribution in [0.25, 0.3) is 0 Å². The summed E-state index contributed by atoms with van der Waals surface area (Å²) < 4.78 is 5.10. The molecule has 0 spiro atoms. The quantitative estimate of drug-likeness (QED) is 0.809. The smallest absolute Gasteiger partial charge is 0.320 e. The molecule has 5 nitrogen and oxygen atoms in total. The van der Waals surface area contributed by atoms with Crippen molar-refractivity contribution in [3.05, 3.63) is 0 Å². The molecule has 2 fully saturated rings. The van der Waals surface area contributed by atoms with Crippen molar-refractivity contribution in [3.8, 4) is 0 Å². The number of carbonyl (C=O) groups excluding carboxylic acids is 1. The largest absolute Gasteiger partial charge is 0.480 e. The summed E-state index contributed by atoms with van der Waals surface area (Å²) in [5.74, 6) is -0.577. The highest BCUT2D eigenvalue weighted by molar-refractivity contribution is 6.63. The number of halogens is 1. The van der Waals surface area contributed by atoms with Crippen LogP contribution in [0.4, 0.5) is 0 Å². The molecule has 20 heavy (non-hydrogen) atoms. The number of carboxylic acids is 1. The van der Waals surface area contributed by atoms with Gasteiger partial charge in [-0.1, -0.05) is 19.3 Å². The van der Waals surface area contributed by atoms with Crippen molar-refractivity contribution in [1.29, 1.82) is 0 Å². The van der Waals surface area contributed by atoms with E-state index in [1.807, 2.05) is 4.90 Å². The van der Waals surface area contributed by atoms with Crippen LogP contribution in [0.3, 0.4) is 0 Å². The highest BCUT2D eigenvalue weighted by atomic mass is 35.5. The van der Waals surface area contributed by atoms with Crippen LogP contribution in [0.15, 0.2) is 0 Å². The molecule has 1 N–H and O–H groups in total. The van der Waals surface area contributed by atoms with Crippen LogP contribution in [0.5, 0.6) is 0 Å². The van der Waals surface area contributed by atoms with Crippen molar-refractivity contribution in [2.75, 3.05) is 26.3 Å². The van der Waals surface area contributed by atoms with E-state index in [9.17, 15) is 9.59 Å². The van der Waals surface area contributed by atoms with Crippen LogP contribution in [-0.2, 0) is 14.3 Å².